The van der Waals surface area contributed by atoms with Gasteiger partial charge in [-0.1, -0.05) is 12.0 Å². The fourth-order valence-electron chi connectivity index (χ4n) is 0.502. The number of carbonyl (C=O) groups excluding carboxylic acids is 1. The maximum atomic E-state index is 10.3. The van der Waals surface area contributed by atoms with Crippen molar-refractivity contribution in [1.29, 1.82) is 0 Å². The van der Waals surface area contributed by atoms with Crippen molar-refractivity contribution in [2.24, 2.45) is 0 Å². The Kier molecular flexibility index (Phi) is 4.06. The molecule has 0 N–H and O–H groups in total. The molecule has 0 spiro atoms. The fourth-order valence-corrected chi connectivity index (χ4v) is 0.502. The lowest BCUT2D eigenvalue weighted by Crippen LogP contribution is -2.12. The van der Waals surface area contributed by atoms with E-state index >= 15 is 0 Å². The summed E-state index contributed by atoms with van der Waals surface area (Å²) in [6.07, 6.45) is 6.71. The third-order valence-electron chi connectivity index (χ3n) is 0.875. The average molecular weight is 138 g/mol. The summed E-state index contributed by atoms with van der Waals surface area (Å²) in [6, 6.07) is 0. The van der Waals surface area contributed by atoms with Crippen molar-refractivity contribution >= 4 is 5.97 Å². The normalized spacial score (nSPS) is 11.2. The topological polar surface area (TPSA) is 26.3 Å². The first-order chi connectivity index (χ1) is 4.70. The van der Waals surface area contributed by atoms with Crippen LogP contribution in [0.3, 0.4) is 0 Å². The van der Waals surface area contributed by atoms with E-state index < -0.39 is 6.10 Å². The molecule has 0 amide bonds. The Morgan fingerprint density at radius 2 is 2.60 bits per heavy atom. The van der Waals surface area contributed by atoms with Gasteiger partial charge >= 0.3 is 5.97 Å². The van der Waals surface area contributed by atoms with Gasteiger partial charge in [-0.3, -0.25) is 4.79 Å². The monoisotopic (exact) mass is 138 g/mol. The van der Waals surface area contributed by atoms with Crippen LogP contribution in [0.4, 0.5) is 0 Å². The summed E-state index contributed by atoms with van der Waals surface area (Å²) in [7, 11) is 0. The number of hydrogen-bond acceptors (Lipinski definition) is 2. The van der Waals surface area contributed by atoms with E-state index in [2.05, 4.69) is 12.5 Å². The van der Waals surface area contributed by atoms with Crippen LogP contribution in [0.1, 0.15) is 13.3 Å². The first kappa shape index (κ1) is 8.77. The van der Waals surface area contributed by atoms with E-state index in [1.807, 2.05) is 0 Å². The number of hydrogen-bond donors (Lipinski definition) is 0. The third kappa shape index (κ3) is 3.73. The molecule has 0 aliphatic rings. The van der Waals surface area contributed by atoms with Gasteiger partial charge < -0.3 is 4.74 Å². The minimum absolute atomic E-state index is 0.357. The van der Waals surface area contributed by atoms with Crippen LogP contribution in [0.25, 0.3) is 0 Å². The summed E-state index contributed by atoms with van der Waals surface area (Å²) < 4.78 is 4.69. The lowest BCUT2D eigenvalue weighted by Gasteiger charge is -2.06. The van der Waals surface area contributed by atoms with Crippen molar-refractivity contribution in [3.05, 3.63) is 12.7 Å². The Morgan fingerprint density at radius 3 is 2.90 bits per heavy atom. The predicted molar refractivity (Wildman–Crippen MR) is 39.2 cm³/mol. The molecule has 0 aliphatic heterocycles. The molecule has 0 aromatic carbocycles. The highest BCUT2D eigenvalue weighted by Gasteiger charge is 2.03. The van der Waals surface area contributed by atoms with Crippen molar-refractivity contribution in [3.63, 3.8) is 0 Å². The Balaban J connectivity index is 3.74. The second kappa shape index (κ2) is 4.63. The van der Waals surface area contributed by atoms with Gasteiger partial charge in [-0.2, -0.15) is 0 Å². The van der Waals surface area contributed by atoms with Gasteiger partial charge in [0.1, 0.15) is 0 Å². The molecule has 0 bridgehead atoms. The lowest BCUT2D eigenvalue weighted by atomic mass is 10.2. The highest BCUT2D eigenvalue weighted by atomic mass is 16.5. The highest BCUT2D eigenvalue weighted by molar-refractivity contribution is 5.66. The Bertz CT molecular complexity index is 165. The number of ether oxygens (including phenoxy) is 1. The maximum Gasteiger partial charge on any atom is 0.303 e. The van der Waals surface area contributed by atoms with Crippen LogP contribution in [0.2, 0.25) is 0 Å². The molecular weight excluding hydrogens is 128 g/mol. The van der Waals surface area contributed by atoms with Crippen LogP contribution in [0, 0.1) is 12.3 Å². The molecule has 0 aromatic rings. The summed E-state index contributed by atoms with van der Waals surface area (Å²) in [5.74, 6) is 1.96. The molecule has 54 valence electrons. The number of terminal acetylenes is 1. The van der Waals surface area contributed by atoms with Gasteiger partial charge in [0.25, 0.3) is 0 Å². The second-order valence-corrected chi connectivity index (χ2v) is 1.79. The molecule has 0 rings (SSSR count). The molecule has 10 heavy (non-hydrogen) atoms. The molecule has 0 radical (unpaired) electrons. The molecule has 1 unspecified atom stereocenters. The molecule has 2 heteroatoms. The molecule has 0 heterocycles. The van der Waals surface area contributed by atoms with Gasteiger partial charge in [0.15, 0.2) is 6.10 Å². The fraction of sp³-hybridized carbons (Fsp3) is 0.375. The molecule has 0 saturated carbocycles. The summed E-state index contributed by atoms with van der Waals surface area (Å²) in [5, 5.41) is 0. The molecular formula is C8H10O2. The van der Waals surface area contributed by atoms with Gasteiger partial charge in [-0.05, 0) is 0 Å². The third-order valence-corrected chi connectivity index (χ3v) is 0.875. The second-order valence-electron chi connectivity index (χ2n) is 1.79. The van der Waals surface area contributed by atoms with Crippen LogP contribution in [-0.4, -0.2) is 12.1 Å². The lowest BCUT2D eigenvalue weighted by molar-refractivity contribution is -0.143. The standard InChI is InChI=1S/C8H10O2/c1-4-6-8(5-2)10-7(3)9/h2,4,8H,1,6H2,3H3. The largest absolute Gasteiger partial charge is 0.449 e. The van der Waals surface area contributed by atoms with Crippen LogP contribution >= 0.6 is 0 Å². The van der Waals surface area contributed by atoms with Gasteiger partial charge in [0.2, 0.25) is 0 Å². The molecule has 2 nitrogen and oxygen atoms in total. The van der Waals surface area contributed by atoms with Gasteiger partial charge in [0.05, 0.1) is 0 Å². The van der Waals surface area contributed by atoms with Crippen molar-refractivity contribution in [1.82, 2.24) is 0 Å². The summed E-state index contributed by atoms with van der Waals surface area (Å²) in [5.41, 5.74) is 0. The average Bonchev–Trinajstić information content (AvgIpc) is 1.86. The predicted octanol–water partition coefficient (Wildman–Crippen LogP) is 1.13. The number of esters is 1. The summed E-state index contributed by atoms with van der Waals surface area (Å²) in [6.45, 7) is 4.80. The van der Waals surface area contributed by atoms with Crippen molar-refractivity contribution in [2.45, 2.75) is 19.4 Å². The Morgan fingerprint density at radius 1 is 2.00 bits per heavy atom. The van der Waals surface area contributed by atoms with E-state index in [0.29, 0.717) is 6.42 Å². The van der Waals surface area contributed by atoms with E-state index in [-0.39, 0.29) is 5.97 Å². The van der Waals surface area contributed by atoms with Gasteiger partial charge in [-0.15, -0.1) is 13.0 Å². The first-order valence-electron chi connectivity index (χ1n) is 2.95. The van der Waals surface area contributed by atoms with Crippen molar-refractivity contribution in [3.8, 4) is 12.3 Å². The van der Waals surface area contributed by atoms with Gasteiger partial charge in [0, 0.05) is 13.3 Å². The summed E-state index contributed by atoms with van der Waals surface area (Å²) in [4.78, 5) is 10.3. The van der Waals surface area contributed by atoms with Gasteiger partial charge in [-0.25, -0.2) is 0 Å². The molecule has 0 fully saturated rings. The van der Waals surface area contributed by atoms with Crippen LogP contribution in [-0.2, 0) is 9.53 Å². The van der Waals surface area contributed by atoms with Crippen molar-refractivity contribution < 1.29 is 9.53 Å². The molecule has 1 atom stereocenters. The van der Waals surface area contributed by atoms with E-state index in [1.165, 1.54) is 6.92 Å². The summed E-state index contributed by atoms with van der Waals surface area (Å²) >= 11 is 0. The highest BCUT2D eigenvalue weighted by Crippen LogP contribution is 1.97. The molecule has 0 saturated heterocycles. The smallest absolute Gasteiger partial charge is 0.303 e. The number of carbonyl (C=O) groups is 1. The van der Waals surface area contributed by atoms with E-state index in [1.54, 1.807) is 6.08 Å². The number of rotatable bonds is 3. The Hall–Kier alpha value is -1.23. The minimum atomic E-state index is -0.449. The SMILES string of the molecule is C#CC(CC=C)OC(C)=O. The first-order valence-corrected chi connectivity index (χ1v) is 2.95. The quantitative estimate of drug-likeness (QED) is 0.332. The molecule has 0 aromatic heterocycles. The maximum absolute atomic E-state index is 10.3. The Labute approximate surface area is 60.9 Å². The van der Waals surface area contributed by atoms with Crippen LogP contribution < -0.4 is 0 Å². The van der Waals surface area contributed by atoms with E-state index in [0.717, 1.165) is 0 Å². The van der Waals surface area contributed by atoms with Crippen LogP contribution in [0.5, 0.6) is 0 Å². The van der Waals surface area contributed by atoms with Crippen molar-refractivity contribution in [2.75, 3.05) is 0 Å². The zero-order valence-corrected chi connectivity index (χ0v) is 5.96. The zero-order chi connectivity index (χ0) is 7.98. The zero-order valence-electron chi connectivity index (χ0n) is 5.96. The molecule has 0 aliphatic carbocycles. The van der Waals surface area contributed by atoms with E-state index in [9.17, 15) is 4.79 Å². The minimum Gasteiger partial charge on any atom is -0.449 e. The van der Waals surface area contributed by atoms with E-state index in [4.69, 9.17) is 11.2 Å². The van der Waals surface area contributed by atoms with Crippen LogP contribution in [0.15, 0.2) is 12.7 Å².